The molecular weight excluding hydrogens is 397 g/mol. The van der Waals surface area contributed by atoms with Crippen molar-refractivity contribution in [1.82, 2.24) is 9.78 Å². The smallest absolute Gasteiger partial charge is 0.359 e. The lowest BCUT2D eigenvalue weighted by Crippen LogP contribution is -2.17. The van der Waals surface area contributed by atoms with E-state index in [2.05, 4.69) is 5.10 Å². The number of benzene rings is 2. The molecule has 5 nitrogen and oxygen atoms in total. The van der Waals surface area contributed by atoms with Gasteiger partial charge < -0.3 is 4.74 Å². The summed E-state index contributed by atoms with van der Waals surface area (Å²) in [6, 6.07) is 8.21. The summed E-state index contributed by atoms with van der Waals surface area (Å²) in [6.45, 7) is -0.739. The summed E-state index contributed by atoms with van der Waals surface area (Å²) in [5.74, 6) is -3.72. The minimum absolute atomic E-state index is 0.0709. The van der Waals surface area contributed by atoms with Crippen LogP contribution in [0.3, 0.4) is 0 Å². The van der Waals surface area contributed by atoms with Gasteiger partial charge in [0, 0.05) is 11.3 Å². The number of carbonyl (C=O) groups excluding carboxylic acids is 2. The monoisotopic (exact) mass is 414 g/mol. The zero-order valence-corrected chi connectivity index (χ0v) is 15.8. The number of aromatic nitrogens is 2. The summed E-state index contributed by atoms with van der Waals surface area (Å²) in [5.41, 5.74) is 1.75. The molecule has 1 aliphatic carbocycles. The number of Topliss-reactive ketones (excluding diaryl/α,β-unsaturated/α-hetero) is 1. The van der Waals surface area contributed by atoms with Crippen LogP contribution in [0.1, 0.15) is 44.9 Å². The van der Waals surface area contributed by atoms with Crippen molar-refractivity contribution >= 4 is 11.8 Å². The van der Waals surface area contributed by atoms with Crippen LogP contribution < -0.4 is 0 Å². The van der Waals surface area contributed by atoms with Gasteiger partial charge in [-0.15, -0.1) is 0 Å². The van der Waals surface area contributed by atoms with Gasteiger partial charge in [0.1, 0.15) is 17.5 Å². The molecule has 1 aliphatic rings. The number of nitrogens with zero attached hydrogens (tertiary/aromatic N) is 2. The molecule has 0 N–H and O–H groups in total. The lowest BCUT2D eigenvalue weighted by Gasteiger charge is -2.14. The van der Waals surface area contributed by atoms with E-state index in [4.69, 9.17) is 4.74 Å². The normalized spacial score (nSPS) is 13.0. The number of hydrogen-bond acceptors (Lipinski definition) is 4. The minimum Gasteiger partial charge on any atom is -0.453 e. The highest BCUT2D eigenvalue weighted by Crippen LogP contribution is 2.27. The second kappa shape index (κ2) is 8.14. The first-order chi connectivity index (χ1) is 14.4. The van der Waals surface area contributed by atoms with Crippen molar-refractivity contribution in [3.8, 4) is 5.69 Å². The summed E-state index contributed by atoms with van der Waals surface area (Å²) in [6.07, 6.45) is 3.11. The molecule has 154 valence electrons. The number of fused-ring (bicyclic) bond motifs is 1. The van der Waals surface area contributed by atoms with Crippen molar-refractivity contribution in [1.29, 1.82) is 0 Å². The maximum Gasteiger partial charge on any atom is 0.359 e. The van der Waals surface area contributed by atoms with Gasteiger partial charge >= 0.3 is 5.97 Å². The van der Waals surface area contributed by atoms with Crippen molar-refractivity contribution < 1.29 is 27.5 Å². The van der Waals surface area contributed by atoms with Crippen LogP contribution in [-0.2, 0) is 17.6 Å². The van der Waals surface area contributed by atoms with Crippen LogP contribution in [0.15, 0.2) is 42.5 Å². The molecular formula is C22H17F3N2O3. The van der Waals surface area contributed by atoms with Gasteiger partial charge in [-0.3, -0.25) is 4.79 Å². The highest BCUT2D eigenvalue weighted by atomic mass is 19.1. The molecule has 1 heterocycles. The molecule has 0 aliphatic heterocycles. The second-order valence-electron chi connectivity index (χ2n) is 6.99. The average Bonchev–Trinajstić information content (AvgIpc) is 3.14. The van der Waals surface area contributed by atoms with Crippen molar-refractivity contribution in [2.45, 2.75) is 25.7 Å². The number of ether oxygens (including phenoxy) is 1. The third-order valence-electron chi connectivity index (χ3n) is 5.01. The number of esters is 1. The van der Waals surface area contributed by atoms with Gasteiger partial charge in [0.05, 0.1) is 11.3 Å². The Kier molecular flexibility index (Phi) is 5.39. The summed E-state index contributed by atoms with van der Waals surface area (Å²) in [7, 11) is 0. The molecule has 1 aromatic heterocycles. The predicted octanol–water partition coefficient (Wildman–Crippen LogP) is 4.21. The zero-order chi connectivity index (χ0) is 21.3. The van der Waals surface area contributed by atoms with E-state index in [9.17, 15) is 22.8 Å². The largest absolute Gasteiger partial charge is 0.453 e. The first-order valence-electron chi connectivity index (χ1n) is 9.46. The molecule has 0 atom stereocenters. The summed E-state index contributed by atoms with van der Waals surface area (Å²) in [5, 5.41) is 4.35. The standard InChI is InChI=1S/C22H17F3N2O3/c23-13-5-8-15(9-6-13)27-19-4-2-1-3-16(19)21(26-27)22(29)30-12-20(28)17-11-14(24)7-10-18(17)25/h5-11H,1-4,12H2. The number of halogens is 3. The van der Waals surface area contributed by atoms with E-state index in [0.29, 0.717) is 18.5 Å². The van der Waals surface area contributed by atoms with E-state index in [-0.39, 0.29) is 11.5 Å². The zero-order valence-electron chi connectivity index (χ0n) is 15.8. The first kappa shape index (κ1) is 19.9. The molecule has 4 rings (SSSR count). The molecule has 2 aromatic carbocycles. The van der Waals surface area contributed by atoms with Crippen LogP contribution in [-0.4, -0.2) is 28.1 Å². The molecule has 0 bridgehead atoms. The van der Waals surface area contributed by atoms with E-state index in [1.807, 2.05) is 0 Å². The lowest BCUT2D eigenvalue weighted by molar-refractivity contribution is 0.0466. The SMILES string of the molecule is O=C(COC(=O)c1nn(-c2ccc(F)cc2)c2c1CCCC2)c1cc(F)ccc1F. The average molecular weight is 414 g/mol. The fourth-order valence-electron chi connectivity index (χ4n) is 3.55. The van der Waals surface area contributed by atoms with Crippen molar-refractivity contribution in [3.05, 3.63) is 82.4 Å². The highest BCUT2D eigenvalue weighted by molar-refractivity contribution is 5.99. The topological polar surface area (TPSA) is 61.2 Å². The third-order valence-corrected chi connectivity index (χ3v) is 5.01. The third kappa shape index (κ3) is 3.85. The fourth-order valence-corrected chi connectivity index (χ4v) is 3.55. The van der Waals surface area contributed by atoms with Crippen LogP contribution >= 0.6 is 0 Å². The van der Waals surface area contributed by atoms with Crippen LogP contribution in [0, 0.1) is 17.5 Å². The van der Waals surface area contributed by atoms with E-state index >= 15 is 0 Å². The van der Waals surface area contributed by atoms with Gasteiger partial charge in [0.15, 0.2) is 12.3 Å². The Balaban J connectivity index is 1.57. The van der Waals surface area contributed by atoms with Crippen LogP contribution in [0.5, 0.6) is 0 Å². The molecule has 0 unspecified atom stereocenters. The second-order valence-corrected chi connectivity index (χ2v) is 6.99. The van der Waals surface area contributed by atoms with E-state index in [0.717, 1.165) is 42.3 Å². The summed E-state index contributed by atoms with van der Waals surface area (Å²) in [4.78, 5) is 24.8. The molecule has 0 spiro atoms. The minimum atomic E-state index is -0.893. The Hall–Kier alpha value is -3.42. The van der Waals surface area contributed by atoms with Gasteiger partial charge in [-0.05, 0) is 68.1 Å². The lowest BCUT2D eigenvalue weighted by atomic mass is 9.95. The van der Waals surface area contributed by atoms with Gasteiger partial charge in [0.2, 0.25) is 5.78 Å². The quantitative estimate of drug-likeness (QED) is 0.464. The first-order valence-corrected chi connectivity index (χ1v) is 9.46. The van der Waals surface area contributed by atoms with Crippen LogP contribution in [0.4, 0.5) is 13.2 Å². The number of ketones is 1. The highest BCUT2D eigenvalue weighted by Gasteiger charge is 2.27. The molecule has 0 saturated carbocycles. The Morgan fingerprint density at radius 2 is 1.67 bits per heavy atom. The van der Waals surface area contributed by atoms with E-state index in [1.165, 1.54) is 12.1 Å². The van der Waals surface area contributed by atoms with Crippen LogP contribution in [0.25, 0.3) is 5.69 Å². The Bertz CT molecular complexity index is 1120. The molecule has 30 heavy (non-hydrogen) atoms. The summed E-state index contributed by atoms with van der Waals surface area (Å²) >= 11 is 0. The molecule has 0 radical (unpaired) electrons. The number of hydrogen-bond donors (Lipinski definition) is 0. The molecule has 8 heteroatoms. The fraction of sp³-hybridized carbons (Fsp3) is 0.227. The number of rotatable bonds is 5. The molecule has 0 saturated heterocycles. The van der Waals surface area contributed by atoms with Gasteiger partial charge in [-0.2, -0.15) is 5.10 Å². The van der Waals surface area contributed by atoms with Crippen molar-refractivity contribution in [2.24, 2.45) is 0 Å². The van der Waals surface area contributed by atoms with E-state index < -0.39 is 35.6 Å². The number of carbonyl (C=O) groups is 2. The maximum absolute atomic E-state index is 13.7. The maximum atomic E-state index is 13.7. The van der Waals surface area contributed by atoms with Gasteiger partial charge in [-0.1, -0.05) is 0 Å². The predicted molar refractivity (Wildman–Crippen MR) is 101 cm³/mol. The molecule has 0 fully saturated rings. The van der Waals surface area contributed by atoms with Gasteiger partial charge in [0.25, 0.3) is 0 Å². The van der Waals surface area contributed by atoms with E-state index in [1.54, 1.807) is 16.8 Å². The Morgan fingerprint density at radius 3 is 2.43 bits per heavy atom. The molecule has 3 aromatic rings. The summed E-state index contributed by atoms with van der Waals surface area (Å²) < 4.78 is 46.9. The molecule has 0 amide bonds. The van der Waals surface area contributed by atoms with Crippen LogP contribution in [0.2, 0.25) is 0 Å². The Morgan fingerprint density at radius 1 is 0.967 bits per heavy atom. The Labute approximate surface area is 170 Å². The van der Waals surface area contributed by atoms with Crippen molar-refractivity contribution in [3.63, 3.8) is 0 Å². The van der Waals surface area contributed by atoms with Gasteiger partial charge in [-0.25, -0.2) is 22.6 Å². The van der Waals surface area contributed by atoms with Crippen molar-refractivity contribution in [2.75, 3.05) is 6.61 Å².